The third-order valence-electron chi connectivity index (χ3n) is 6.02. The van der Waals surface area contributed by atoms with Gasteiger partial charge in [-0.1, -0.05) is 6.08 Å². The Bertz CT molecular complexity index is 993. The van der Waals surface area contributed by atoms with Crippen molar-refractivity contribution in [2.24, 2.45) is 11.8 Å². The summed E-state index contributed by atoms with van der Waals surface area (Å²) in [5, 5.41) is 0.749. The summed E-state index contributed by atoms with van der Waals surface area (Å²) in [6.45, 7) is 5.62. The van der Waals surface area contributed by atoms with Crippen LogP contribution in [0.25, 0.3) is 10.9 Å². The molecule has 0 radical (unpaired) electrons. The molecule has 0 spiro atoms. The molecule has 2 aromatic rings. The predicted octanol–water partition coefficient (Wildman–Crippen LogP) is 3.00. The lowest BCUT2D eigenvalue weighted by molar-refractivity contribution is -0.0365. The molecule has 0 aliphatic carbocycles. The van der Waals surface area contributed by atoms with Crippen LogP contribution in [0, 0.1) is 11.8 Å². The molecule has 28 heavy (non-hydrogen) atoms. The molecule has 150 valence electrons. The van der Waals surface area contributed by atoms with E-state index < -0.39 is 16.5 Å². The van der Waals surface area contributed by atoms with Gasteiger partial charge in [0.05, 0.1) is 12.6 Å². The van der Waals surface area contributed by atoms with Crippen molar-refractivity contribution in [1.29, 1.82) is 0 Å². The Hall–Kier alpha value is -2.00. The van der Waals surface area contributed by atoms with E-state index in [1.54, 1.807) is 25.4 Å². The van der Waals surface area contributed by atoms with Crippen LogP contribution in [0.15, 0.2) is 43.1 Å². The maximum atomic E-state index is 11.7. The highest BCUT2D eigenvalue weighted by atomic mass is 32.3. The summed E-state index contributed by atoms with van der Waals surface area (Å²) in [7, 11) is -3.07. The van der Waals surface area contributed by atoms with E-state index in [4.69, 9.17) is 8.92 Å². The maximum absolute atomic E-state index is 11.7. The van der Waals surface area contributed by atoms with Gasteiger partial charge >= 0.3 is 10.4 Å². The van der Waals surface area contributed by atoms with Crippen molar-refractivity contribution in [3.63, 3.8) is 0 Å². The lowest BCUT2D eigenvalue weighted by Crippen LogP contribution is -2.55. The summed E-state index contributed by atoms with van der Waals surface area (Å²) < 4.78 is 43.5. The number of ether oxygens (including phenoxy) is 1. The van der Waals surface area contributed by atoms with Crippen LogP contribution in [0.4, 0.5) is 0 Å². The van der Waals surface area contributed by atoms with Crippen molar-refractivity contribution in [1.82, 2.24) is 9.88 Å². The van der Waals surface area contributed by atoms with Gasteiger partial charge in [-0.2, -0.15) is 8.42 Å². The molecule has 1 N–H and O–H groups in total. The zero-order chi connectivity index (χ0) is 19.9. The quantitative estimate of drug-likeness (QED) is 0.585. The molecule has 4 heterocycles. The number of fused-ring (bicyclic) bond motifs is 4. The summed E-state index contributed by atoms with van der Waals surface area (Å²) >= 11 is 0. The molecule has 0 saturated carbocycles. The van der Waals surface area contributed by atoms with Crippen molar-refractivity contribution in [3.8, 4) is 5.75 Å². The van der Waals surface area contributed by atoms with Crippen LogP contribution in [-0.2, 0) is 14.6 Å². The van der Waals surface area contributed by atoms with Gasteiger partial charge in [-0.3, -0.25) is 14.4 Å². The van der Waals surface area contributed by atoms with E-state index in [0.29, 0.717) is 28.7 Å². The summed E-state index contributed by atoms with van der Waals surface area (Å²) in [6.07, 6.45) is 4.62. The van der Waals surface area contributed by atoms with Gasteiger partial charge in [-0.15, -0.1) is 6.58 Å². The van der Waals surface area contributed by atoms with Crippen LogP contribution in [-0.4, -0.2) is 49.1 Å². The first-order chi connectivity index (χ1) is 13.4. The third kappa shape index (κ3) is 3.65. The van der Waals surface area contributed by atoms with E-state index >= 15 is 0 Å². The molecule has 7 nitrogen and oxygen atoms in total. The van der Waals surface area contributed by atoms with Gasteiger partial charge in [0.1, 0.15) is 11.9 Å². The van der Waals surface area contributed by atoms with E-state index in [0.717, 1.165) is 31.3 Å². The van der Waals surface area contributed by atoms with Crippen molar-refractivity contribution >= 4 is 21.3 Å². The molecule has 8 heteroatoms. The van der Waals surface area contributed by atoms with Gasteiger partial charge in [-0.25, -0.2) is 4.18 Å². The van der Waals surface area contributed by atoms with E-state index in [-0.39, 0.29) is 6.04 Å². The highest BCUT2D eigenvalue weighted by Crippen LogP contribution is 2.44. The summed E-state index contributed by atoms with van der Waals surface area (Å²) in [5.74, 6) is 1.47. The molecule has 5 atom stereocenters. The van der Waals surface area contributed by atoms with Crippen molar-refractivity contribution in [3.05, 3.63) is 48.7 Å². The number of nitrogens with zero attached hydrogens (tertiary/aromatic N) is 2. The monoisotopic (exact) mass is 404 g/mol. The molecule has 3 fully saturated rings. The van der Waals surface area contributed by atoms with Crippen molar-refractivity contribution < 1.29 is 21.9 Å². The Morgan fingerprint density at radius 2 is 2.21 bits per heavy atom. The van der Waals surface area contributed by atoms with Crippen LogP contribution < -0.4 is 4.74 Å². The fourth-order valence-electron chi connectivity index (χ4n) is 4.67. The molecule has 3 saturated heterocycles. The second-order valence-corrected chi connectivity index (χ2v) is 8.52. The first-order valence-corrected chi connectivity index (χ1v) is 10.7. The Kier molecular flexibility index (Phi) is 5.13. The topological polar surface area (TPSA) is 89.0 Å². The minimum absolute atomic E-state index is 0.159. The summed E-state index contributed by atoms with van der Waals surface area (Å²) in [6, 6.07) is 7.04. The Morgan fingerprint density at radius 1 is 1.39 bits per heavy atom. The minimum atomic E-state index is -4.64. The van der Waals surface area contributed by atoms with E-state index in [2.05, 4.69) is 16.5 Å². The van der Waals surface area contributed by atoms with Gasteiger partial charge in [0.15, 0.2) is 0 Å². The van der Waals surface area contributed by atoms with Gasteiger partial charge < -0.3 is 4.74 Å². The molecule has 0 amide bonds. The molecule has 5 rings (SSSR count). The first-order valence-electron chi connectivity index (χ1n) is 9.34. The molecule has 3 aliphatic heterocycles. The van der Waals surface area contributed by atoms with Crippen LogP contribution in [0.1, 0.15) is 24.5 Å². The molecular weight excluding hydrogens is 380 g/mol. The van der Waals surface area contributed by atoms with E-state index in [9.17, 15) is 13.0 Å². The fraction of sp³-hybridized carbons (Fsp3) is 0.450. The van der Waals surface area contributed by atoms with Gasteiger partial charge in [0.25, 0.3) is 0 Å². The lowest BCUT2D eigenvalue weighted by Gasteiger charge is -2.51. The number of hydrogen-bond donors (Lipinski definition) is 1. The zero-order valence-corrected chi connectivity index (χ0v) is 16.5. The van der Waals surface area contributed by atoms with Crippen LogP contribution in [0.3, 0.4) is 0 Å². The molecule has 1 aromatic heterocycles. The standard InChI is InChI=1S/C20H24N2O5S/c1-3-13-12-22-9-7-14(13)10-19(22)20(27-28(23,24)25)16-6-8-21-18-5-4-15(26-2)11-17(16)18/h3-6,8,11,13-14,19-20H,1,7,9-10,12H2,2H3,(H,23,24,25)/t13-,14-,19-,20+/m0/s1. The number of piperidine rings is 3. The zero-order valence-electron chi connectivity index (χ0n) is 15.7. The van der Waals surface area contributed by atoms with Gasteiger partial charge in [-0.05, 0) is 61.1 Å². The summed E-state index contributed by atoms with van der Waals surface area (Å²) in [4.78, 5) is 6.61. The second-order valence-electron chi connectivity index (χ2n) is 7.47. The van der Waals surface area contributed by atoms with Crippen LogP contribution in [0.2, 0.25) is 0 Å². The van der Waals surface area contributed by atoms with Gasteiger partial charge in [0, 0.05) is 24.2 Å². The normalized spacial score (nSPS) is 28.2. The van der Waals surface area contributed by atoms with Crippen molar-refractivity contribution in [2.45, 2.75) is 25.0 Å². The number of pyridine rings is 1. The Labute approximate surface area is 164 Å². The average Bonchev–Trinajstić information content (AvgIpc) is 2.70. The average molecular weight is 404 g/mol. The summed E-state index contributed by atoms with van der Waals surface area (Å²) in [5.41, 5.74) is 1.39. The first kappa shape index (κ1) is 19.3. The van der Waals surface area contributed by atoms with Crippen LogP contribution in [0.5, 0.6) is 5.75 Å². The van der Waals surface area contributed by atoms with Crippen LogP contribution >= 0.6 is 0 Å². The number of aromatic nitrogens is 1. The maximum Gasteiger partial charge on any atom is 0.398 e. The minimum Gasteiger partial charge on any atom is -0.497 e. The van der Waals surface area contributed by atoms with Gasteiger partial charge in [0.2, 0.25) is 0 Å². The molecule has 2 bridgehead atoms. The third-order valence-corrected chi connectivity index (χ3v) is 6.47. The van der Waals surface area contributed by atoms with E-state index in [1.807, 2.05) is 18.2 Å². The Morgan fingerprint density at radius 3 is 2.86 bits per heavy atom. The molecule has 3 aliphatic rings. The molecule has 1 aromatic carbocycles. The van der Waals surface area contributed by atoms with Crippen molar-refractivity contribution in [2.75, 3.05) is 20.2 Å². The SMILES string of the molecule is C=C[C@H]1CN2CC[C@H]1C[C@H]2[C@H](OS(=O)(=O)O)c1ccnc2ccc(OC)cc12. The smallest absolute Gasteiger partial charge is 0.398 e. The number of hydrogen-bond acceptors (Lipinski definition) is 6. The number of benzene rings is 1. The Balaban J connectivity index is 1.80. The second kappa shape index (κ2) is 7.44. The number of methoxy groups -OCH3 is 1. The highest BCUT2D eigenvalue weighted by molar-refractivity contribution is 7.80. The fourth-order valence-corrected chi connectivity index (χ4v) is 5.16. The predicted molar refractivity (Wildman–Crippen MR) is 105 cm³/mol. The van der Waals surface area contributed by atoms with E-state index in [1.165, 1.54) is 0 Å². The lowest BCUT2D eigenvalue weighted by atomic mass is 9.73. The molecule has 1 unspecified atom stereocenters. The largest absolute Gasteiger partial charge is 0.497 e. The molecular formula is C20H24N2O5S. The number of rotatable bonds is 6. The highest BCUT2D eigenvalue weighted by Gasteiger charge is 2.44.